The monoisotopic (exact) mass is 313 g/mol. The lowest BCUT2D eigenvalue weighted by molar-refractivity contribution is 0.163. The SMILES string of the molecule is CCC1CCCN(C(=O)NCc2ccnc(-n3cccn3)c2)C1. The molecule has 23 heavy (non-hydrogen) atoms. The zero-order valence-corrected chi connectivity index (χ0v) is 13.5. The maximum atomic E-state index is 12.3. The highest BCUT2D eigenvalue weighted by Crippen LogP contribution is 2.19. The maximum absolute atomic E-state index is 12.3. The minimum Gasteiger partial charge on any atom is -0.334 e. The Morgan fingerprint density at radius 3 is 3.13 bits per heavy atom. The molecule has 3 rings (SSSR count). The molecule has 2 aromatic heterocycles. The number of carbonyl (C=O) groups excluding carboxylic acids is 1. The molecule has 0 spiro atoms. The standard InChI is InChI=1S/C17H23N5O/c1-2-14-5-3-9-21(13-14)17(23)19-12-15-6-8-18-16(11-15)22-10-4-7-20-22/h4,6-8,10-11,14H,2-3,5,9,12-13H2,1H3,(H,19,23). The second-order valence-corrected chi connectivity index (χ2v) is 5.99. The summed E-state index contributed by atoms with van der Waals surface area (Å²) in [6.07, 6.45) is 8.79. The van der Waals surface area contributed by atoms with Crippen LogP contribution in [0.3, 0.4) is 0 Å². The molecule has 6 heteroatoms. The van der Waals surface area contributed by atoms with Gasteiger partial charge in [0.25, 0.3) is 0 Å². The van der Waals surface area contributed by atoms with Gasteiger partial charge in [0, 0.05) is 38.2 Å². The van der Waals surface area contributed by atoms with Crippen molar-refractivity contribution < 1.29 is 4.79 Å². The Kier molecular flexibility index (Phi) is 4.90. The summed E-state index contributed by atoms with van der Waals surface area (Å²) in [6.45, 7) is 4.43. The fourth-order valence-electron chi connectivity index (χ4n) is 2.97. The molecule has 1 unspecified atom stereocenters. The molecule has 1 aliphatic heterocycles. The van der Waals surface area contributed by atoms with Crippen LogP contribution in [0.1, 0.15) is 31.7 Å². The summed E-state index contributed by atoms with van der Waals surface area (Å²) in [5.41, 5.74) is 1.02. The fraction of sp³-hybridized carbons (Fsp3) is 0.471. The van der Waals surface area contributed by atoms with Gasteiger partial charge in [-0.25, -0.2) is 14.5 Å². The molecule has 1 saturated heterocycles. The number of hydrogen-bond acceptors (Lipinski definition) is 3. The van der Waals surface area contributed by atoms with Crippen LogP contribution in [0.15, 0.2) is 36.8 Å². The zero-order chi connectivity index (χ0) is 16.1. The van der Waals surface area contributed by atoms with Crippen molar-refractivity contribution in [2.45, 2.75) is 32.7 Å². The van der Waals surface area contributed by atoms with Gasteiger partial charge in [-0.1, -0.05) is 13.3 Å². The van der Waals surface area contributed by atoms with E-state index in [1.165, 1.54) is 6.42 Å². The third-order valence-electron chi connectivity index (χ3n) is 4.38. The Labute approximate surface area is 136 Å². The number of piperidine rings is 1. The number of amides is 2. The van der Waals surface area contributed by atoms with E-state index in [1.807, 2.05) is 29.3 Å². The molecule has 1 aliphatic rings. The van der Waals surface area contributed by atoms with E-state index in [1.54, 1.807) is 17.1 Å². The van der Waals surface area contributed by atoms with E-state index in [4.69, 9.17) is 0 Å². The molecule has 1 N–H and O–H groups in total. The van der Waals surface area contributed by atoms with Crippen molar-refractivity contribution in [2.24, 2.45) is 5.92 Å². The third-order valence-corrected chi connectivity index (χ3v) is 4.38. The molecule has 0 radical (unpaired) electrons. The van der Waals surface area contributed by atoms with E-state index in [9.17, 15) is 4.79 Å². The number of rotatable bonds is 4. The Hall–Kier alpha value is -2.37. The van der Waals surface area contributed by atoms with E-state index in [2.05, 4.69) is 22.3 Å². The van der Waals surface area contributed by atoms with Crippen LogP contribution in [0, 0.1) is 5.92 Å². The highest BCUT2D eigenvalue weighted by molar-refractivity contribution is 5.74. The van der Waals surface area contributed by atoms with Crippen LogP contribution < -0.4 is 5.32 Å². The Balaban J connectivity index is 1.58. The molecule has 6 nitrogen and oxygen atoms in total. The van der Waals surface area contributed by atoms with Gasteiger partial charge in [0.1, 0.15) is 0 Å². The quantitative estimate of drug-likeness (QED) is 0.943. The average molecular weight is 313 g/mol. The number of pyridine rings is 1. The Morgan fingerprint density at radius 1 is 1.43 bits per heavy atom. The first-order valence-corrected chi connectivity index (χ1v) is 8.24. The highest BCUT2D eigenvalue weighted by atomic mass is 16.2. The van der Waals surface area contributed by atoms with E-state index in [0.717, 1.165) is 37.3 Å². The van der Waals surface area contributed by atoms with Crippen molar-refractivity contribution >= 4 is 6.03 Å². The summed E-state index contributed by atoms with van der Waals surface area (Å²) in [5.74, 6) is 1.40. The van der Waals surface area contributed by atoms with Gasteiger partial charge in [-0.15, -0.1) is 0 Å². The van der Waals surface area contributed by atoms with Gasteiger partial charge in [0.15, 0.2) is 5.82 Å². The molecule has 3 heterocycles. The van der Waals surface area contributed by atoms with Crippen LogP contribution in [0.25, 0.3) is 5.82 Å². The number of aromatic nitrogens is 3. The van der Waals surface area contributed by atoms with E-state index in [-0.39, 0.29) is 6.03 Å². The molecule has 2 aromatic rings. The zero-order valence-electron chi connectivity index (χ0n) is 13.5. The van der Waals surface area contributed by atoms with Gasteiger partial charge in [-0.05, 0) is 42.5 Å². The van der Waals surface area contributed by atoms with E-state index >= 15 is 0 Å². The van der Waals surface area contributed by atoms with Crippen molar-refractivity contribution in [3.05, 3.63) is 42.4 Å². The van der Waals surface area contributed by atoms with Crippen LogP contribution in [-0.4, -0.2) is 38.8 Å². The third kappa shape index (κ3) is 3.88. The molecule has 0 aromatic carbocycles. The molecule has 1 atom stereocenters. The minimum atomic E-state index is 0.0283. The van der Waals surface area contributed by atoms with E-state index < -0.39 is 0 Å². The van der Waals surface area contributed by atoms with Gasteiger partial charge < -0.3 is 10.2 Å². The molecular formula is C17H23N5O. The number of urea groups is 1. The molecule has 0 saturated carbocycles. The molecule has 0 bridgehead atoms. The maximum Gasteiger partial charge on any atom is 0.317 e. The van der Waals surface area contributed by atoms with Crippen molar-refractivity contribution in [2.75, 3.05) is 13.1 Å². The first-order valence-electron chi connectivity index (χ1n) is 8.24. The first-order chi connectivity index (χ1) is 11.3. The number of nitrogens with zero attached hydrogens (tertiary/aromatic N) is 4. The van der Waals surface area contributed by atoms with E-state index in [0.29, 0.717) is 12.5 Å². The van der Waals surface area contributed by atoms with Crippen molar-refractivity contribution in [3.8, 4) is 5.82 Å². The minimum absolute atomic E-state index is 0.0283. The molecular weight excluding hydrogens is 290 g/mol. The normalized spacial score (nSPS) is 18.0. The van der Waals surface area contributed by atoms with Crippen LogP contribution in [0.4, 0.5) is 4.79 Å². The molecule has 2 amide bonds. The summed E-state index contributed by atoms with van der Waals surface area (Å²) in [6, 6.07) is 5.74. The summed E-state index contributed by atoms with van der Waals surface area (Å²) < 4.78 is 1.71. The Bertz CT molecular complexity index is 640. The highest BCUT2D eigenvalue weighted by Gasteiger charge is 2.22. The number of nitrogens with one attached hydrogen (secondary N) is 1. The topological polar surface area (TPSA) is 63.1 Å². The van der Waals surface area contributed by atoms with Crippen molar-refractivity contribution in [3.63, 3.8) is 0 Å². The average Bonchev–Trinajstić information content (AvgIpc) is 3.14. The molecule has 0 aliphatic carbocycles. The van der Waals surface area contributed by atoms with Gasteiger partial charge >= 0.3 is 6.03 Å². The number of carbonyl (C=O) groups is 1. The van der Waals surface area contributed by atoms with Gasteiger partial charge in [-0.3, -0.25) is 0 Å². The lowest BCUT2D eigenvalue weighted by Gasteiger charge is -2.32. The van der Waals surface area contributed by atoms with Crippen molar-refractivity contribution in [1.29, 1.82) is 0 Å². The van der Waals surface area contributed by atoms with Crippen LogP contribution in [-0.2, 0) is 6.54 Å². The van der Waals surface area contributed by atoms with Crippen LogP contribution in [0.2, 0.25) is 0 Å². The van der Waals surface area contributed by atoms with Crippen LogP contribution >= 0.6 is 0 Å². The predicted octanol–water partition coefficient (Wildman–Crippen LogP) is 2.60. The van der Waals surface area contributed by atoms with Gasteiger partial charge in [0.05, 0.1) is 0 Å². The largest absolute Gasteiger partial charge is 0.334 e. The number of likely N-dealkylation sites (tertiary alicyclic amines) is 1. The van der Waals surface area contributed by atoms with Gasteiger partial charge in [0.2, 0.25) is 0 Å². The summed E-state index contributed by atoms with van der Waals surface area (Å²) in [4.78, 5) is 18.6. The predicted molar refractivity (Wildman–Crippen MR) is 88.2 cm³/mol. The second kappa shape index (κ2) is 7.26. The molecule has 1 fully saturated rings. The van der Waals surface area contributed by atoms with Crippen molar-refractivity contribution in [1.82, 2.24) is 25.0 Å². The molecule has 122 valence electrons. The fourth-order valence-corrected chi connectivity index (χ4v) is 2.97. The Morgan fingerprint density at radius 2 is 2.35 bits per heavy atom. The summed E-state index contributed by atoms with van der Waals surface area (Å²) >= 11 is 0. The van der Waals surface area contributed by atoms with Gasteiger partial charge in [-0.2, -0.15) is 5.10 Å². The van der Waals surface area contributed by atoms with Crippen LogP contribution in [0.5, 0.6) is 0 Å². The lowest BCUT2D eigenvalue weighted by Crippen LogP contribution is -2.45. The lowest BCUT2D eigenvalue weighted by atomic mass is 9.96. The second-order valence-electron chi connectivity index (χ2n) is 5.99. The summed E-state index contributed by atoms with van der Waals surface area (Å²) in [7, 11) is 0. The summed E-state index contributed by atoms with van der Waals surface area (Å²) in [5, 5.41) is 7.19. The number of hydrogen-bond donors (Lipinski definition) is 1. The first kappa shape index (κ1) is 15.5. The smallest absolute Gasteiger partial charge is 0.317 e.